The molecule has 0 bridgehead atoms. The van der Waals surface area contributed by atoms with Crippen LogP contribution in [0.25, 0.3) is 0 Å². The van der Waals surface area contributed by atoms with Crippen LogP contribution in [0.2, 0.25) is 0 Å². The van der Waals surface area contributed by atoms with Crippen molar-refractivity contribution in [1.29, 1.82) is 0 Å². The van der Waals surface area contributed by atoms with Gasteiger partial charge in [0.2, 0.25) is 0 Å². The summed E-state index contributed by atoms with van der Waals surface area (Å²) in [7, 11) is 0. The average Bonchev–Trinajstić information content (AvgIpc) is 2.64. The van der Waals surface area contributed by atoms with Crippen molar-refractivity contribution in [2.45, 2.75) is 25.7 Å². The SMILES string of the molecule is Cl.NCCc1nc(C(=O)NCC2CCC2)cs1. The molecule has 1 aromatic heterocycles. The predicted molar refractivity (Wildman–Crippen MR) is 71.8 cm³/mol. The third-order valence-corrected chi connectivity index (χ3v) is 3.83. The number of carbonyl (C=O) groups excluding carboxylic acids is 1. The molecular weight excluding hydrogens is 258 g/mol. The van der Waals surface area contributed by atoms with Crippen molar-refractivity contribution >= 4 is 29.7 Å². The number of nitrogens with two attached hydrogens (primary N) is 1. The highest BCUT2D eigenvalue weighted by atomic mass is 35.5. The van der Waals surface area contributed by atoms with Gasteiger partial charge in [0.25, 0.3) is 5.91 Å². The third-order valence-electron chi connectivity index (χ3n) is 2.92. The van der Waals surface area contributed by atoms with Crippen LogP contribution in [0.15, 0.2) is 5.38 Å². The molecule has 1 aliphatic rings. The second-order valence-corrected chi connectivity index (χ2v) is 5.11. The summed E-state index contributed by atoms with van der Waals surface area (Å²) in [5, 5.41) is 5.68. The first kappa shape index (κ1) is 14.4. The summed E-state index contributed by atoms with van der Waals surface area (Å²) in [5.74, 6) is 0.637. The Morgan fingerprint density at radius 2 is 2.35 bits per heavy atom. The van der Waals surface area contributed by atoms with E-state index in [9.17, 15) is 4.79 Å². The number of halogens is 1. The molecule has 0 atom stereocenters. The molecule has 4 nitrogen and oxygen atoms in total. The lowest BCUT2D eigenvalue weighted by Crippen LogP contribution is -2.32. The zero-order valence-corrected chi connectivity index (χ0v) is 11.3. The number of aromatic nitrogens is 1. The monoisotopic (exact) mass is 275 g/mol. The van der Waals surface area contributed by atoms with E-state index in [0.29, 0.717) is 18.2 Å². The molecule has 0 radical (unpaired) electrons. The summed E-state index contributed by atoms with van der Waals surface area (Å²) in [5.41, 5.74) is 5.97. The Kier molecular flexibility index (Phi) is 5.88. The molecule has 0 unspecified atom stereocenters. The van der Waals surface area contributed by atoms with Crippen LogP contribution in [0.4, 0.5) is 0 Å². The molecule has 1 heterocycles. The molecule has 2 rings (SSSR count). The van der Waals surface area contributed by atoms with Gasteiger partial charge in [-0.15, -0.1) is 23.7 Å². The quantitative estimate of drug-likeness (QED) is 0.858. The van der Waals surface area contributed by atoms with Gasteiger partial charge in [-0.3, -0.25) is 4.79 Å². The molecule has 0 spiro atoms. The Balaban J connectivity index is 0.00000144. The highest BCUT2D eigenvalue weighted by Gasteiger charge is 2.19. The molecule has 3 N–H and O–H groups in total. The van der Waals surface area contributed by atoms with Crippen LogP contribution in [-0.2, 0) is 6.42 Å². The molecule has 1 aromatic rings. The standard InChI is InChI=1S/C11H17N3OS.ClH/c12-5-4-10-14-9(7-16-10)11(15)13-6-8-2-1-3-8;/h7-8H,1-6,12H2,(H,13,15);1H. The molecular formula is C11H18ClN3OS. The van der Waals surface area contributed by atoms with Gasteiger partial charge in [0.15, 0.2) is 0 Å². The van der Waals surface area contributed by atoms with Crippen LogP contribution in [0.1, 0.15) is 34.8 Å². The molecule has 17 heavy (non-hydrogen) atoms. The zero-order chi connectivity index (χ0) is 11.4. The Labute approximate surface area is 111 Å². The molecule has 1 aliphatic carbocycles. The fourth-order valence-electron chi connectivity index (χ4n) is 1.68. The lowest BCUT2D eigenvalue weighted by molar-refractivity contribution is 0.0934. The molecule has 1 amide bonds. The maximum atomic E-state index is 11.7. The number of carbonyl (C=O) groups is 1. The number of hydrogen-bond donors (Lipinski definition) is 2. The topological polar surface area (TPSA) is 68.0 Å². The fraction of sp³-hybridized carbons (Fsp3) is 0.636. The van der Waals surface area contributed by atoms with E-state index in [2.05, 4.69) is 10.3 Å². The Morgan fingerprint density at radius 3 is 2.94 bits per heavy atom. The summed E-state index contributed by atoms with van der Waals surface area (Å²) in [6, 6.07) is 0. The van der Waals surface area contributed by atoms with Crippen molar-refractivity contribution in [3.8, 4) is 0 Å². The summed E-state index contributed by atoms with van der Waals surface area (Å²) in [6.07, 6.45) is 4.55. The van der Waals surface area contributed by atoms with Gasteiger partial charge in [-0.25, -0.2) is 4.98 Å². The van der Waals surface area contributed by atoms with Crippen LogP contribution >= 0.6 is 23.7 Å². The number of rotatable bonds is 5. The van der Waals surface area contributed by atoms with Crippen LogP contribution in [0.5, 0.6) is 0 Å². The Hall–Kier alpha value is -0.650. The second-order valence-electron chi connectivity index (χ2n) is 4.17. The van der Waals surface area contributed by atoms with E-state index in [4.69, 9.17) is 5.73 Å². The van der Waals surface area contributed by atoms with Gasteiger partial charge in [-0.1, -0.05) is 6.42 Å². The minimum Gasteiger partial charge on any atom is -0.350 e. The molecule has 6 heteroatoms. The smallest absolute Gasteiger partial charge is 0.270 e. The molecule has 1 fully saturated rings. The van der Waals surface area contributed by atoms with Crippen molar-refractivity contribution in [2.24, 2.45) is 11.7 Å². The normalized spacial score (nSPS) is 14.9. The van der Waals surface area contributed by atoms with Gasteiger partial charge < -0.3 is 11.1 Å². The van der Waals surface area contributed by atoms with Crippen molar-refractivity contribution in [1.82, 2.24) is 10.3 Å². The predicted octanol–water partition coefficient (Wildman–Crippen LogP) is 1.60. The van der Waals surface area contributed by atoms with Crippen molar-refractivity contribution < 1.29 is 4.79 Å². The van der Waals surface area contributed by atoms with Crippen LogP contribution in [-0.4, -0.2) is 24.0 Å². The first-order chi connectivity index (χ1) is 7.79. The van der Waals surface area contributed by atoms with E-state index < -0.39 is 0 Å². The summed E-state index contributed by atoms with van der Waals surface area (Å²) >= 11 is 1.50. The lowest BCUT2D eigenvalue weighted by Gasteiger charge is -2.25. The van der Waals surface area contributed by atoms with Gasteiger partial charge in [0.05, 0.1) is 5.01 Å². The van der Waals surface area contributed by atoms with Gasteiger partial charge in [-0.2, -0.15) is 0 Å². The first-order valence-electron chi connectivity index (χ1n) is 5.72. The molecule has 0 aliphatic heterocycles. The largest absolute Gasteiger partial charge is 0.350 e. The zero-order valence-electron chi connectivity index (χ0n) is 9.65. The molecule has 0 aromatic carbocycles. The first-order valence-corrected chi connectivity index (χ1v) is 6.60. The van der Waals surface area contributed by atoms with Crippen LogP contribution in [0, 0.1) is 5.92 Å². The third kappa shape index (κ3) is 3.94. The van der Waals surface area contributed by atoms with Crippen LogP contribution < -0.4 is 11.1 Å². The molecule has 96 valence electrons. The highest BCUT2D eigenvalue weighted by Crippen LogP contribution is 2.25. The number of amides is 1. The van der Waals surface area contributed by atoms with Crippen LogP contribution in [0.3, 0.4) is 0 Å². The maximum absolute atomic E-state index is 11.7. The van der Waals surface area contributed by atoms with Gasteiger partial charge in [0, 0.05) is 18.3 Å². The average molecular weight is 276 g/mol. The van der Waals surface area contributed by atoms with E-state index >= 15 is 0 Å². The van der Waals surface area contributed by atoms with Crippen molar-refractivity contribution in [3.05, 3.63) is 16.1 Å². The molecule has 1 saturated carbocycles. The molecule has 0 saturated heterocycles. The van der Waals surface area contributed by atoms with Crippen molar-refractivity contribution in [2.75, 3.05) is 13.1 Å². The van der Waals surface area contributed by atoms with E-state index in [0.717, 1.165) is 18.0 Å². The van der Waals surface area contributed by atoms with Gasteiger partial charge in [0.1, 0.15) is 5.69 Å². The summed E-state index contributed by atoms with van der Waals surface area (Å²) in [4.78, 5) is 16.0. The van der Waals surface area contributed by atoms with Crippen molar-refractivity contribution in [3.63, 3.8) is 0 Å². The van der Waals surface area contributed by atoms with E-state index in [-0.39, 0.29) is 18.3 Å². The van der Waals surface area contributed by atoms with E-state index in [1.165, 1.54) is 30.6 Å². The van der Waals surface area contributed by atoms with Gasteiger partial charge in [-0.05, 0) is 25.3 Å². The summed E-state index contributed by atoms with van der Waals surface area (Å²) in [6.45, 7) is 1.37. The lowest BCUT2D eigenvalue weighted by atomic mass is 9.85. The highest BCUT2D eigenvalue weighted by molar-refractivity contribution is 7.09. The van der Waals surface area contributed by atoms with E-state index in [1.54, 1.807) is 5.38 Å². The summed E-state index contributed by atoms with van der Waals surface area (Å²) < 4.78 is 0. The number of thiazole rings is 1. The number of nitrogens with one attached hydrogen (secondary N) is 1. The number of hydrogen-bond acceptors (Lipinski definition) is 4. The minimum atomic E-state index is -0.0496. The van der Waals surface area contributed by atoms with E-state index in [1.807, 2.05) is 0 Å². The Morgan fingerprint density at radius 1 is 1.59 bits per heavy atom. The maximum Gasteiger partial charge on any atom is 0.270 e. The van der Waals surface area contributed by atoms with Gasteiger partial charge >= 0.3 is 0 Å². The minimum absolute atomic E-state index is 0. The Bertz CT molecular complexity index is 365. The second kappa shape index (κ2) is 6.93. The number of nitrogens with zero attached hydrogens (tertiary/aromatic N) is 1. The fourth-order valence-corrected chi connectivity index (χ4v) is 2.47.